The molecule has 4 rings (SSSR count). The van der Waals surface area contributed by atoms with Crippen LogP contribution in [0.25, 0.3) is 11.1 Å². The first kappa shape index (κ1) is 23.6. The molecule has 1 amide bonds. The van der Waals surface area contributed by atoms with E-state index in [-0.39, 0.29) is 18.1 Å². The Balaban J connectivity index is 1.29. The second kappa shape index (κ2) is 11.5. The van der Waals surface area contributed by atoms with Crippen LogP contribution in [0.5, 0.6) is 5.88 Å². The van der Waals surface area contributed by atoms with Gasteiger partial charge in [-0.25, -0.2) is 9.37 Å². The number of carbonyl (C=O) groups excluding carboxylic acids is 1. The second-order valence-corrected chi connectivity index (χ2v) is 8.97. The minimum absolute atomic E-state index is 0.0245. The molecule has 0 bridgehead atoms. The van der Waals surface area contributed by atoms with Crippen molar-refractivity contribution < 1.29 is 13.9 Å². The Kier molecular flexibility index (Phi) is 8.25. The topological polar surface area (TPSA) is 69.7 Å². The number of ether oxygens (including phenoxy) is 1. The van der Waals surface area contributed by atoms with Crippen LogP contribution in [-0.2, 0) is 11.2 Å². The van der Waals surface area contributed by atoms with E-state index in [0.717, 1.165) is 57.7 Å². The second-order valence-electron chi connectivity index (χ2n) is 8.97. The summed E-state index contributed by atoms with van der Waals surface area (Å²) in [4.78, 5) is 21.3. The van der Waals surface area contributed by atoms with Crippen molar-refractivity contribution >= 4 is 5.91 Å². The normalized spacial score (nSPS) is 19.5. The Bertz CT molecular complexity index is 927. The third kappa shape index (κ3) is 6.96. The Morgan fingerprint density at radius 3 is 2.88 bits per heavy atom. The van der Waals surface area contributed by atoms with Gasteiger partial charge in [-0.3, -0.25) is 9.69 Å². The lowest BCUT2D eigenvalue weighted by molar-refractivity contribution is -0.120. The minimum Gasteiger partial charge on any atom is -0.476 e. The largest absolute Gasteiger partial charge is 0.476 e. The van der Waals surface area contributed by atoms with Crippen molar-refractivity contribution in [3.8, 4) is 17.0 Å². The van der Waals surface area contributed by atoms with Gasteiger partial charge < -0.3 is 20.3 Å². The van der Waals surface area contributed by atoms with Gasteiger partial charge in [-0.1, -0.05) is 24.3 Å². The minimum atomic E-state index is -0.381. The highest BCUT2D eigenvalue weighted by Crippen LogP contribution is 2.25. The summed E-state index contributed by atoms with van der Waals surface area (Å²) in [5.74, 6) is -0.113. The van der Waals surface area contributed by atoms with E-state index in [1.54, 1.807) is 0 Å². The molecule has 0 radical (unpaired) electrons. The highest BCUT2D eigenvalue weighted by Gasteiger charge is 2.16. The molecule has 1 aromatic heterocycles. The molecular formula is C25H34FN5O2. The number of benzene rings is 1. The van der Waals surface area contributed by atoms with E-state index in [4.69, 9.17) is 4.74 Å². The number of hydrogen-bond donors (Lipinski definition) is 2. The van der Waals surface area contributed by atoms with Crippen LogP contribution >= 0.6 is 0 Å². The first-order valence-corrected chi connectivity index (χ1v) is 11.9. The molecule has 1 atom stereocenters. The molecule has 1 aromatic carbocycles. The van der Waals surface area contributed by atoms with Crippen LogP contribution in [0, 0.1) is 5.82 Å². The van der Waals surface area contributed by atoms with Crippen molar-refractivity contribution in [1.29, 1.82) is 0 Å². The van der Waals surface area contributed by atoms with Gasteiger partial charge in [0.25, 0.3) is 0 Å². The highest BCUT2D eigenvalue weighted by atomic mass is 19.1. The average molecular weight is 456 g/mol. The lowest BCUT2D eigenvalue weighted by Gasteiger charge is -2.32. The number of piperazine rings is 1. The summed E-state index contributed by atoms with van der Waals surface area (Å²) in [5.41, 5.74) is 1.95. The predicted molar refractivity (Wildman–Crippen MR) is 127 cm³/mol. The van der Waals surface area contributed by atoms with Crippen molar-refractivity contribution in [2.75, 3.05) is 59.5 Å². The molecule has 2 saturated heterocycles. The maximum Gasteiger partial charge on any atom is 0.224 e. The van der Waals surface area contributed by atoms with Gasteiger partial charge >= 0.3 is 0 Å². The molecule has 178 valence electrons. The van der Waals surface area contributed by atoms with E-state index in [0.29, 0.717) is 36.2 Å². The molecule has 7 nitrogen and oxygen atoms in total. The summed E-state index contributed by atoms with van der Waals surface area (Å²) >= 11 is 0. The third-order valence-electron chi connectivity index (χ3n) is 6.39. The fraction of sp³-hybridized carbons (Fsp3) is 0.520. The first-order valence-electron chi connectivity index (χ1n) is 11.9. The van der Waals surface area contributed by atoms with Gasteiger partial charge in [-0.15, -0.1) is 0 Å². The maximum atomic E-state index is 14.8. The van der Waals surface area contributed by atoms with Crippen molar-refractivity contribution in [1.82, 2.24) is 25.4 Å². The van der Waals surface area contributed by atoms with Crippen LogP contribution < -0.4 is 15.4 Å². The Morgan fingerprint density at radius 2 is 2.12 bits per heavy atom. The molecule has 8 heteroatoms. The zero-order valence-electron chi connectivity index (χ0n) is 19.4. The monoisotopic (exact) mass is 455 g/mol. The van der Waals surface area contributed by atoms with Crippen molar-refractivity contribution in [2.24, 2.45) is 0 Å². The first-order chi connectivity index (χ1) is 16.1. The fourth-order valence-corrected chi connectivity index (χ4v) is 4.32. The molecule has 2 fully saturated rings. The van der Waals surface area contributed by atoms with Gasteiger partial charge in [0, 0.05) is 63.1 Å². The zero-order chi connectivity index (χ0) is 23.0. The van der Waals surface area contributed by atoms with E-state index in [2.05, 4.69) is 32.5 Å². The van der Waals surface area contributed by atoms with Crippen molar-refractivity contribution in [3.63, 3.8) is 0 Å². The van der Waals surface area contributed by atoms with Crippen LogP contribution in [0.15, 0.2) is 36.5 Å². The number of rotatable bonds is 9. The van der Waals surface area contributed by atoms with Crippen LogP contribution in [0.2, 0.25) is 0 Å². The summed E-state index contributed by atoms with van der Waals surface area (Å²) in [6.07, 6.45) is 4.02. The van der Waals surface area contributed by atoms with Crippen molar-refractivity contribution in [3.05, 3.63) is 47.9 Å². The Labute approximate surface area is 195 Å². The van der Waals surface area contributed by atoms with Gasteiger partial charge in [0.2, 0.25) is 11.8 Å². The standard InChI is InChI=1S/C25H34FN5O2/c1-30-8-10-31(11-9-30)12-13-33-25-16-23(26)22(18-29-25)20-5-2-4-19(14-20)15-24(32)28-17-21-6-3-7-27-21/h2,4-5,14,16,18,21,27H,3,6-13,15,17H2,1H3,(H,28,32). The number of hydrogen-bond acceptors (Lipinski definition) is 6. The SMILES string of the molecule is CN1CCN(CCOc2cc(F)c(-c3cccc(CC(=O)NCC4CCCN4)c3)cn2)CC1. The molecule has 3 heterocycles. The van der Waals surface area contributed by atoms with Crippen molar-refractivity contribution in [2.45, 2.75) is 25.3 Å². The Hall–Kier alpha value is -2.55. The number of pyridine rings is 1. The number of nitrogens with zero attached hydrogens (tertiary/aromatic N) is 3. The van der Waals surface area contributed by atoms with Crippen LogP contribution in [0.1, 0.15) is 18.4 Å². The van der Waals surface area contributed by atoms with Gasteiger partial charge in [0.1, 0.15) is 12.4 Å². The molecule has 1 unspecified atom stereocenters. The molecule has 2 aliphatic heterocycles. The molecule has 2 N–H and O–H groups in total. The summed E-state index contributed by atoms with van der Waals surface area (Å²) in [6.45, 7) is 7.10. The maximum absolute atomic E-state index is 14.8. The number of halogens is 1. The molecular weight excluding hydrogens is 421 g/mol. The van der Waals surface area contributed by atoms with Crippen LogP contribution in [0.3, 0.4) is 0 Å². The van der Waals surface area contributed by atoms with E-state index in [1.807, 2.05) is 24.3 Å². The van der Waals surface area contributed by atoms with Gasteiger partial charge in [0.15, 0.2) is 0 Å². The Morgan fingerprint density at radius 1 is 1.27 bits per heavy atom. The molecule has 33 heavy (non-hydrogen) atoms. The van der Waals surface area contributed by atoms with E-state index < -0.39 is 0 Å². The predicted octanol–water partition coefficient (Wildman–Crippen LogP) is 1.92. The van der Waals surface area contributed by atoms with Gasteiger partial charge in [-0.2, -0.15) is 0 Å². The third-order valence-corrected chi connectivity index (χ3v) is 6.39. The van der Waals surface area contributed by atoms with Crippen LogP contribution in [-0.4, -0.2) is 86.2 Å². The van der Waals surface area contributed by atoms with Crippen LogP contribution in [0.4, 0.5) is 4.39 Å². The molecule has 2 aromatic rings. The van der Waals surface area contributed by atoms with Gasteiger partial charge in [0.05, 0.1) is 6.42 Å². The molecule has 0 aliphatic carbocycles. The summed E-state index contributed by atoms with van der Waals surface area (Å²) in [6, 6.07) is 9.11. The summed E-state index contributed by atoms with van der Waals surface area (Å²) in [5, 5.41) is 6.36. The fourth-order valence-electron chi connectivity index (χ4n) is 4.32. The van der Waals surface area contributed by atoms with Gasteiger partial charge in [-0.05, 0) is 37.6 Å². The summed E-state index contributed by atoms with van der Waals surface area (Å²) in [7, 11) is 2.13. The highest BCUT2D eigenvalue weighted by molar-refractivity contribution is 5.79. The smallest absolute Gasteiger partial charge is 0.224 e. The molecule has 0 spiro atoms. The van der Waals surface area contributed by atoms with E-state index in [9.17, 15) is 9.18 Å². The average Bonchev–Trinajstić information content (AvgIpc) is 3.33. The molecule has 2 aliphatic rings. The quantitative estimate of drug-likeness (QED) is 0.602. The van der Waals surface area contributed by atoms with E-state index in [1.165, 1.54) is 12.3 Å². The summed E-state index contributed by atoms with van der Waals surface area (Å²) < 4.78 is 20.5. The number of nitrogens with one attached hydrogen (secondary N) is 2. The number of carbonyl (C=O) groups is 1. The molecule has 0 saturated carbocycles. The number of amides is 1. The lowest BCUT2D eigenvalue weighted by Crippen LogP contribution is -2.45. The van der Waals surface area contributed by atoms with E-state index >= 15 is 0 Å². The lowest BCUT2D eigenvalue weighted by atomic mass is 10.0. The number of likely N-dealkylation sites (N-methyl/N-ethyl adjacent to an activating group) is 1. The number of aromatic nitrogens is 1. The zero-order valence-corrected chi connectivity index (χ0v) is 19.4.